The second-order valence-corrected chi connectivity index (χ2v) is 5.84. The van der Waals surface area contributed by atoms with E-state index in [9.17, 15) is 4.79 Å². The molecule has 17 heavy (non-hydrogen) atoms. The molecule has 94 valence electrons. The molecule has 0 aliphatic heterocycles. The van der Waals surface area contributed by atoms with Gasteiger partial charge in [0.15, 0.2) is 0 Å². The highest BCUT2D eigenvalue weighted by molar-refractivity contribution is 8.00. The summed E-state index contributed by atoms with van der Waals surface area (Å²) in [7, 11) is 1.43. The summed E-state index contributed by atoms with van der Waals surface area (Å²) >= 11 is 1.50. The Morgan fingerprint density at radius 2 is 1.88 bits per heavy atom. The summed E-state index contributed by atoms with van der Waals surface area (Å²) < 4.78 is 0. The first-order chi connectivity index (χ1) is 7.93. The van der Waals surface area contributed by atoms with Crippen molar-refractivity contribution in [3.05, 3.63) is 29.8 Å². The normalized spacial score (nSPS) is 11.3. The highest BCUT2D eigenvalue weighted by atomic mass is 32.2. The second kappa shape index (κ2) is 6.07. The predicted molar refractivity (Wildman–Crippen MR) is 71.0 cm³/mol. The van der Waals surface area contributed by atoms with E-state index < -0.39 is 0 Å². The van der Waals surface area contributed by atoms with E-state index in [1.807, 2.05) is 12.1 Å². The van der Waals surface area contributed by atoms with Crippen molar-refractivity contribution in [3.8, 4) is 0 Å². The fourth-order valence-electron chi connectivity index (χ4n) is 1.34. The molecule has 4 heteroatoms. The van der Waals surface area contributed by atoms with Crippen LogP contribution >= 0.6 is 11.8 Å². The average Bonchev–Trinajstić information content (AvgIpc) is 2.26. The molecule has 0 bridgehead atoms. The molecule has 0 fully saturated rings. The van der Waals surface area contributed by atoms with Crippen LogP contribution in [0.1, 0.15) is 26.3 Å². The maximum absolute atomic E-state index is 11.2. The fraction of sp³-hybridized carbons (Fsp3) is 0.462. The summed E-state index contributed by atoms with van der Waals surface area (Å²) in [5.41, 5.74) is 3.75. The molecule has 0 atom stereocenters. The Bertz CT molecular complexity index is 368. The zero-order valence-corrected chi connectivity index (χ0v) is 11.6. The molecule has 0 saturated heterocycles. The number of thioether (sulfide) groups is 1. The molecule has 0 heterocycles. The van der Waals surface area contributed by atoms with Gasteiger partial charge < -0.3 is 0 Å². The first kappa shape index (κ1) is 14.1. The minimum atomic E-state index is -0.127. The fourth-order valence-corrected chi connectivity index (χ4v) is 2.03. The van der Waals surface area contributed by atoms with Crippen molar-refractivity contribution >= 4 is 17.7 Å². The first-order valence-corrected chi connectivity index (χ1v) is 6.47. The molecular formula is C13H19NO2S. The third-order valence-electron chi connectivity index (χ3n) is 2.31. The molecule has 0 spiro atoms. The maximum atomic E-state index is 11.2. The Morgan fingerprint density at radius 1 is 1.29 bits per heavy atom. The van der Waals surface area contributed by atoms with E-state index in [4.69, 9.17) is 0 Å². The molecule has 1 amide bonds. The van der Waals surface area contributed by atoms with Crippen LogP contribution in [-0.4, -0.2) is 18.8 Å². The topological polar surface area (TPSA) is 38.3 Å². The Balaban J connectivity index is 2.54. The van der Waals surface area contributed by atoms with Crippen molar-refractivity contribution in [1.82, 2.24) is 5.48 Å². The van der Waals surface area contributed by atoms with Gasteiger partial charge in [-0.3, -0.25) is 9.63 Å². The van der Waals surface area contributed by atoms with Crippen LogP contribution in [0, 0.1) is 0 Å². The van der Waals surface area contributed by atoms with Crippen molar-refractivity contribution in [2.24, 2.45) is 0 Å². The van der Waals surface area contributed by atoms with Gasteiger partial charge in [-0.1, -0.05) is 32.9 Å². The summed E-state index contributed by atoms with van der Waals surface area (Å²) in [4.78, 5) is 16.8. The monoisotopic (exact) mass is 253 g/mol. The molecule has 1 rings (SSSR count). The largest absolute Gasteiger partial charge is 0.277 e. The average molecular weight is 253 g/mol. The summed E-state index contributed by atoms with van der Waals surface area (Å²) in [6.45, 7) is 6.55. The minimum absolute atomic E-state index is 0.127. The molecule has 0 unspecified atom stereocenters. The van der Waals surface area contributed by atoms with Gasteiger partial charge in [0, 0.05) is 4.90 Å². The Hall–Kier alpha value is -1.00. The number of hydroxylamine groups is 1. The van der Waals surface area contributed by atoms with Crippen molar-refractivity contribution < 1.29 is 9.63 Å². The van der Waals surface area contributed by atoms with Gasteiger partial charge >= 0.3 is 0 Å². The number of rotatable bonds is 4. The number of hydrogen-bond donors (Lipinski definition) is 1. The molecular weight excluding hydrogens is 234 g/mol. The number of hydrogen-bond acceptors (Lipinski definition) is 3. The zero-order valence-electron chi connectivity index (χ0n) is 10.7. The van der Waals surface area contributed by atoms with Crippen molar-refractivity contribution in [2.75, 3.05) is 12.9 Å². The Kier molecular flexibility index (Phi) is 5.02. The van der Waals surface area contributed by atoms with Gasteiger partial charge in [0.2, 0.25) is 0 Å². The number of benzene rings is 1. The lowest BCUT2D eigenvalue weighted by molar-refractivity contribution is -0.128. The Labute approximate surface area is 107 Å². The van der Waals surface area contributed by atoms with Crippen molar-refractivity contribution in [3.63, 3.8) is 0 Å². The van der Waals surface area contributed by atoms with Crippen LogP contribution in [0.25, 0.3) is 0 Å². The third kappa shape index (κ3) is 4.79. The van der Waals surface area contributed by atoms with Gasteiger partial charge in [0.25, 0.3) is 5.91 Å². The lowest BCUT2D eigenvalue weighted by atomic mass is 9.87. The standard InChI is InChI=1S/C13H19NO2S/c1-13(2,3)10-5-7-11(8-6-10)17-9-12(15)14-16-4/h5-8H,9H2,1-4H3,(H,14,15). The van der Waals surface area contributed by atoms with Crippen LogP contribution in [0.4, 0.5) is 0 Å². The number of carbonyl (C=O) groups excluding carboxylic acids is 1. The van der Waals surface area contributed by atoms with E-state index in [0.717, 1.165) is 4.90 Å². The molecule has 0 aromatic heterocycles. The van der Waals surface area contributed by atoms with E-state index in [1.54, 1.807) is 0 Å². The van der Waals surface area contributed by atoms with Crippen molar-refractivity contribution in [1.29, 1.82) is 0 Å². The molecule has 1 aromatic carbocycles. The Morgan fingerprint density at radius 3 is 2.35 bits per heavy atom. The lowest BCUT2D eigenvalue weighted by Gasteiger charge is -2.19. The van der Waals surface area contributed by atoms with E-state index in [-0.39, 0.29) is 11.3 Å². The minimum Gasteiger partial charge on any atom is -0.277 e. The molecule has 1 N–H and O–H groups in total. The number of carbonyl (C=O) groups is 1. The van der Waals surface area contributed by atoms with Crippen LogP contribution in [0.5, 0.6) is 0 Å². The number of nitrogens with one attached hydrogen (secondary N) is 1. The van der Waals surface area contributed by atoms with Crippen molar-refractivity contribution in [2.45, 2.75) is 31.1 Å². The van der Waals surface area contributed by atoms with E-state index in [0.29, 0.717) is 5.75 Å². The first-order valence-electron chi connectivity index (χ1n) is 5.48. The van der Waals surface area contributed by atoms with Gasteiger partial charge in [0.05, 0.1) is 12.9 Å². The lowest BCUT2D eigenvalue weighted by Crippen LogP contribution is -2.23. The zero-order chi connectivity index (χ0) is 12.9. The SMILES string of the molecule is CONC(=O)CSc1ccc(C(C)(C)C)cc1. The predicted octanol–water partition coefficient (Wildman–Crippen LogP) is 2.75. The highest BCUT2D eigenvalue weighted by Gasteiger charge is 2.12. The summed E-state index contributed by atoms with van der Waals surface area (Å²) in [5, 5.41) is 0. The summed E-state index contributed by atoms with van der Waals surface area (Å²) in [6.07, 6.45) is 0. The van der Waals surface area contributed by atoms with Crippen LogP contribution in [-0.2, 0) is 15.0 Å². The molecule has 0 aliphatic carbocycles. The highest BCUT2D eigenvalue weighted by Crippen LogP contribution is 2.25. The quantitative estimate of drug-likeness (QED) is 0.662. The molecule has 0 radical (unpaired) electrons. The van der Waals surface area contributed by atoms with E-state index in [2.05, 4.69) is 43.2 Å². The number of amides is 1. The molecule has 1 aromatic rings. The van der Waals surface area contributed by atoms with Crippen LogP contribution < -0.4 is 5.48 Å². The van der Waals surface area contributed by atoms with Crippen LogP contribution in [0.15, 0.2) is 29.2 Å². The molecule has 0 aliphatic rings. The molecule has 0 saturated carbocycles. The van der Waals surface area contributed by atoms with E-state index in [1.165, 1.54) is 24.4 Å². The molecule has 3 nitrogen and oxygen atoms in total. The second-order valence-electron chi connectivity index (χ2n) is 4.79. The third-order valence-corrected chi connectivity index (χ3v) is 3.32. The van der Waals surface area contributed by atoms with Gasteiger partial charge in [-0.2, -0.15) is 0 Å². The smallest absolute Gasteiger partial charge is 0.253 e. The van der Waals surface area contributed by atoms with Gasteiger partial charge in [0.1, 0.15) is 0 Å². The van der Waals surface area contributed by atoms with Crippen LogP contribution in [0.3, 0.4) is 0 Å². The van der Waals surface area contributed by atoms with E-state index >= 15 is 0 Å². The van der Waals surface area contributed by atoms with Gasteiger partial charge in [-0.25, -0.2) is 5.48 Å². The van der Waals surface area contributed by atoms with Gasteiger partial charge in [-0.15, -0.1) is 11.8 Å². The summed E-state index contributed by atoms with van der Waals surface area (Å²) in [5.74, 6) is 0.236. The van der Waals surface area contributed by atoms with Crippen LogP contribution in [0.2, 0.25) is 0 Å². The van der Waals surface area contributed by atoms with Gasteiger partial charge in [-0.05, 0) is 23.1 Å². The summed E-state index contributed by atoms with van der Waals surface area (Å²) in [6, 6.07) is 8.31. The maximum Gasteiger partial charge on any atom is 0.253 e.